The second-order valence-electron chi connectivity index (χ2n) is 5.30. The molecule has 0 fully saturated rings. The Labute approximate surface area is 153 Å². The molecule has 0 saturated carbocycles. The highest BCUT2D eigenvalue weighted by Crippen LogP contribution is 2.03. The van der Waals surface area contributed by atoms with Gasteiger partial charge in [-0.05, 0) is 6.92 Å². The highest BCUT2D eigenvalue weighted by molar-refractivity contribution is 6.13. The smallest absolute Gasteiger partial charge is 0.253 e. The van der Waals surface area contributed by atoms with Crippen LogP contribution in [-0.4, -0.2) is 88.6 Å². The molecule has 9 heteroatoms. The third-order valence-electron chi connectivity index (χ3n) is 3.35. The van der Waals surface area contributed by atoms with E-state index in [1.54, 1.807) is 0 Å². The number of carbonyl (C=O) groups is 3. The van der Waals surface area contributed by atoms with E-state index in [0.29, 0.717) is 59.4 Å². The number of hydrogen-bond donors (Lipinski definition) is 1. The van der Waals surface area contributed by atoms with Gasteiger partial charge in [0.15, 0.2) is 0 Å². The molecule has 9 nitrogen and oxygen atoms in total. The van der Waals surface area contributed by atoms with Gasteiger partial charge in [-0.1, -0.05) is 0 Å². The molecule has 3 amide bonds. The Hall–Kier alpha value is -1.81. The summed E-state index contributed by atoms with van der Waals surface area (Å²) in [4.78, 5) is 35.3. The number of hydrogen-bond acceptors (Lipinski definition) is 7. The van der Waals surface area contributed by atoms with Crippen LogP contribution in [0, 0.1) is 0 Å². The van der Waals surface area contributed by atoms with Crippen LogP contribution < -0.4 is 5.32 Å². The highest BCUT2D eigenvalue weighted by Gasteiger charge is 2.23. The first-order valence-corrected chi connectivity index (χ1v) is 8.76. The van der Waals surface area contributed by atoms with E-state index in [4.69, 9.17) is 18.9 Å². The second-order valence-corrected chi connectivity index (χ2v) is 5.30. The van der Waals surface area contributed by atoms with E-state index >= 15 is 0 Å². The van der Waals surface area contributed by atoms with Crippen LogP contribution in [0.25, 0.3) is 0 Å². The summed E-state index contributed by atoms with van der Waals surface area (Å²) in [5.74, 6) is -1.00. The van der Waals surface area contributed by atoms with E-state index in [2.05, 4.69) is 5.32 Å². The maximum atomic E-state index is 11.6. The third kappa shape index (κ3) is 10.2. The molecule has 0 unspecified atom stereocenters. The second kappa shape index (κ2) is 14.4. The van der Waals surface area contributed by atoms with E-state index in [-0.39, 0.29) is 30.7 Å². The lowest BCUT2D eigenvalue weighted by atomic mass is 10.3. The summed E-state index contributed by atoms with van der Waals surface area (Å²) in [7, 11) is 0. The molecule has 1 N–H and O–H groups in total. The molecule has 1 rings (SSSR count). The monoisotopic (exact) mass is 372 g/mol. The van der Waals surface area contributed by atoms with Crippen LogP contribution in [-0.2, 0) is 33.3 Å². The van der Waals surface area contributed by atoms with Crippen molar-refractivity contribution in [2.24, 2.45) is 0 Å². The van der Waals surface area contributed by atoms with Crippen molar-refractivity contribution in [3.05, 3.63) is 12.2 Å². The van der Waals surface area contributed by atoms with Crippen LogP contribution in [0.5, 0.6) is 0 Å². The molecular formula is C17H28N2O7. The van der Waals surface area contributed by atoms with E-state index in [0.717, 1.165) is 4.90 Å². The molecule has 0 aromatic carbocycles. The quantitative estimate of drug-likeness (QED) is 0.288. The lowest BCUT2D eigenvalue weighted by molar-refractivity contribution is -0.137. The zero-order valence-corrected chi connectivity index (χ0v) is 15.2. The Kier molecular flexibility index (Phi) is 12.3. The van der Waals surface area contributed by atoms with E-state index < -0.39 is 0 Å². The number of amides is 3. The third-order valence-corrected chi connectivity index (χ3v) is 3.35. The SMILES string of the molecule is CCOCCOCCOCCOCCNC(=O)CCN1C(=O)C=CC1=O. The molecule has 0 spiro atoms. The standard InChI is InChI=1S/C17H28N2O7/c1-2-23-9-10-25-13-14-26-12-11-24-8-6-18-15(20)5-7-19-16(21)3-4-17(19)22/h3-4H,2,5-14H2,1H3,(H,18,20). The Balaban J connectivity index is 1.83. The molecule has 0 radical (unpaired) electrons. The van der Waals surface area contributed by atoms with E-state index in [1.165, 1.54) is 12.2 Å². The van der Waals surface area contributed by atoms with Crippen molar-refractivity contribution in [3.63, 3.8) is 0 Å². The molecule has 0 saturated heterocycles. The largest absolute Gasteiger partial charge is 0.379 e. The van der Waals surface area contributed by atoms with Gasteiger partial charge in [-0.25, -0.2) is 0 Å². The molecule has 0 aromatic heterocycles. The molecule has 148 valence electrons. The van der Waals surface area contributed by atoms with E-state index in [1.807, 2.05) is 6.92 Å². The van der Waals surface area contributed by atoms with Crippen molar-refractivity contribution in [1.82, 2.24) is 10.2 Å². The van der Waals surface area contributed by atoms with Gasteiger partial charge < -0.3 is 24.3 Å². The predicted molar refractivity (Wildman–Crippen MR) is 92.4 cm³/mol. The summed E-state index contributed by atoms with van der Waals surface area (Å²) >= 11 is 0. The van der Waals surface area contributed by atoms with Gasteiger partial charge in [0.05, 0.1) is 46.2 Å². The van der Waals surface area contributed by atoms with Crippen LogP contribution in [0.2, 0.25) is 0 Å². The van der Waals surface area contributed by atoms with E-state index in [9.17, 15) is 14.4 Å². The maximum Gasteiger partial charge on any atom is 0.253 e. The van der Waals surface area contributed by atoms with Gasteiger partial charge in [0.1, 0.15) is 0 Å². The van der Waals surface area contributed by atoms with Crippen LogP contribution in [0.1, 0.15) is 13.3 Å². The molecule has 0 bridgehead atoms. The van der Waals surface area contributed by atoms with Gasteiger partial charge in [-0.2, -0.15) is 0 Å². The average molecular weight is 372 g/mol. The minimum absolute atomic E-state index is 0.0750. The fourth-order valence-electron chi connectivity index (χ4n) is 2.02. The fraction of sp³-hybridized carbons (Fsp3) is 0.706. The van der Waals surface area contributed by atoms with Gasteiger partial charge >= 0.3 is 0 Å². The first-order valence-electron chi connectivity index (χ1n) is 8.76. The Morgan fingerprint density at radius 1 is 0.885 bits per heavy atom. The van der Waals surface area contributed by atoms with Crippen molar-refractivity contribution in [2.45, 2.75) is 13.3 Å². The van der Waals surface area contributed by atoms with Gasteiger partial charge in [-0.3, -0.25) is 19.3 Å². The molecule has 0 aliphatic carbocycles. The predicted octanol–water partition coefficient (Wildman–Crippen LogP) is -0.496. The number of rotatable bonds is 16. The minimum atomic E-state index is -0.383. The fourth-order valence-corrected chi connectivity index (χ4v) is 2.02. The first kappa shape index (κ1) is 22.2. The molecule has 1 aliphatic rings. The zero-order valence-electron chi connectivity index (χ0n) is 15.2. The number of imide groups is 1. The van der Waals surface area contributed by atoms with Crippen molar-refractivity contribution >= 4 is 17.7 Å². The van der Waals surface area contributed by atoms with Gasteiger partial charge in [0, 0.05) is 38.3 Å². The lowest BCUT2D eigenvalue weighted by Gasteiger charge is -2.13. The number of nitrogens with zero attached hydrogens (tertiary/aromatic N) is 1. The molecule has 0 atom stereocenters. The maximum absolute atomic E-state index is 11.6. The number of carbonyl (C=O) groups excluding carboxylic acids is 3. The summed E-state index contributed by atoms with van der Waals surface area (Å²) in [6, 6.07) is 0. The van der Waals surface area contributed by atoms with Crippen LogP contribution >= 0.6 is 0 Å². The summed E-state index contributed by atoms with van der Waals surface area (Å²) < 4.78 is 21.1. The first-order chi connectivity index (χ1) is 12.6. The van der Waals surface area contributed by atoms with Gasteiger partial charge in [-0.15, -0.1) is 0 Å². The molecule has 1 aliphatic heterocycles. The van der Waals surface area contributed by atoms with Gasteiger partial charge in [0.25, 0.3) is 11.8 Å². The number of ether oxygens (including phenoxy) is 4. The Morgan fingerprint density at radius 3 is 1.92 bits per heavy atom. The summed E-state index contributed by atoms with van der Waals surface area (Å²) in [6.45, 7) is 6.47. The Bertz CT molecular complexity index is 450. The van der Waals surface area contributed by atoms with Crippen molar-refractivity contribution in [3.8, 4) is 0 Å². The normalized spacial score (nSPS) is 13.7. The molecule has 1 heterocycles. The van der Waals surface area contributed by atoms with Crippen LogP contribution in [0.4, 0.5) is 0 Å². The van der Waals surface area contributed by atoms with Crippen molar-refractivity contribution < 1.29 is 33.3 Å². The molecule has 0 aromatic rings. The lowest BCUT2D eigenvalue weighted by Crippen LogP contribution is -2.35. The van der Waals surface area contributed by atoms with Crippen molar-refractivity contribution in [1.29, 1.82) is 0 Å². The minimum Gasteiger partial charge on any atom is -0.379 e. The topological polar surface area (TPSA) is 103 Å². The van der Waals surface area contributed by atoms with Crippen LogP contribution in [0.15, 0.2) is 12.2 Å². The summed E-state index contributed by atoms with van der Waals surface area (Å²) in [5.41, 5.74) is 0. The summed E-state index contributed by atoms with van der Waals surface area (Å²) in [5, 5.41) is 2.67. The average Bonchev–Trinajstić information content (AvgIpc) is 2.95. The van der Waals surface area contributed by atoms with Crippen molar-refractivity contribution in [2.75, 3.05) is 65.9 Å². The summed E-state index contributed by atoms with van der Waals surface area (Å²) in [6.07, 6.45) is 2.47. The highest BCUT2D eigenvalue weighted by atomic mass is 16.6. The molecule has 26 heavy (non-hydrogen) atoms. The van der Waals surface area contributed by atoms with Crippen LogP contribution in [0.3, 0.4) is 0 Å². The molecular weight excluding hydrogens is 344 g/mol. The van der Waals surface area contributed by atoms with Gasteiger partial charge in [0.2, 0.25) is 5.91 Å². The number of nitrogens with one attached hydrogen (secondary N) is 1. The Morgan fingerprint density at radius 2 is 1.38 bits per heavy atom. The zero-order chi connectivity index (χ0) is 19.0.